The van der Waals surface area contributed by atoms with Crippen molar-refractivity contribution in [3.63, 3.8) is 0 Å². The van der Waals surface area contributed by atoms with E-state index in [1.54, 1.807) is 12.5 Å². The molecule has 1 N–H and O–H groups in total. The molecule has 0 bridgehead atoms. The van der Waals surface area contributed by atoms with Gasteiger partial charge in [0.1, 0.15) is 18.7 Å². The largest absolute Gasteiger partial charge is 0.488 e. The maximum absolute atomic E-state index is 12.3. The van der Waals surface area contributed by atoms with Crippen molar-refractivity contribution in [3.8, 4) is 17.0 Å². The van der Waals surface area contributed by atoms with Crippen LogP contribution < -0.4 is 10.1 Å². The molecule has 0 saturated carbocycles. The second kappa shape index (κ2) is 10.3. The lowest BCUT2D eigenvalue weighted by Crippen LogP contribution is -2.28. The van der Waals surface area contributed by atoms with Crippen LogP contribution in [0.3, 0.4) is 0 Å². The first kappa shape index (κ1) is 19.7. The standard InChI is InChI=1S/C23H27N3O2/c1-2-3-4-10-15-24-23(27)26-16-21(25-18-26)20-13-8-9-14-22(20)28-17-19-11-6-5-7-12-19/h5-9,11-14,16,18H,2-4,10,15,17H2,1H3,(H,24,27). The normalized spacial score (nSPS) is 10.6. The van der Waals surface area contributed by atoms with Gasteiger partial charge < -0.3 is 10.1 Å². The Bertz CT molecular complexity index is 874. The van der Waals surface area contributed by atoms with Gasteiger partial charge in [-0.2, -0.15) is 0 Å². The molecule has 0 fully saturated rings. The summed E-state index contributed by atoms with van der Waals surface area (Å²) in [6, 6.07) is 17.6. The third kappa shape index (κ3) is 5.46. The SMILES string of the molecule is CCCCCCNC(=O)n1cnc(-c2ccccc2OCc2ccccc2)c1. The Kier molecular flexibility index (Phi) is 7.24. The number of nitrogens with zero attached hydrogens (tertiary/aromatic N) is 2. The fraction of sp³-hybridized carbons (Fsp3) is 0.304. The molecule has 0 spiro atoms. The molecular formula is C23H27N3O2. The van der Waals surface area contributed by atoms with E-state index in [2.05, 4.69) is 17.2 Å². The number of carbonyl (C=O) groups is 1. The number of unbranched alkanes of at least 4 members (excludes halogenated alkanes) is 3. The van der Waals surface area contributed by atoms with E-state index in [0.717, 1.165) is 29.7 Å². The van der Waals surface area contributed by atoms with E-state index in [4.69, 9.17) is 4.74 Å². The van der Waals surface area contributed by atoms with Gasteiger partial charge in [-0.1, -0.05) is 68.7 Å². The smallest absolute Gasteiger partial charge is 0.326 e. The molecule has 3 rings (SSSR count). The molecule has 1 aromatic heterocycles. The first-order valence-electron chi connectivity index (χ1n) is 9.86. The molecule has 0 aliphatic heterocycles. The Hall–Kier alpha value is -3.08. The van der Waals surface area contributed by atoms with E-state index in [9.17, 15) is 4.79 Å². The summed E-state index contributed by atoms with van der Waals surface area (Å²) in [7, 11) is 0. The van der Waals surface area contributed by atoms with Crippen molar-refractivity contribution in [2.24, 2.45) is 0 Å². The summed E-state index contributed by atoms with van der Waals surface area (Å²) >= 11 is 0. The molecule has 0 aliphatic carbocycles. The molecule has 2 aromatic carbocycles. The minimum Gasteiger partial charge on any atom is -0.488 e. The Labute approximate surface area is 166 Å². The maximum Gasteiger partial charge on any atom is 0.326 e. The van der Waals surface area contributed by atoms with Crippen LogP contribution >= 0.6 is 0 Å². The third-order valence-electron chi connectivity index (χ3n) is 4.52. The molecular weight excluding hydrogens is 350 g/mol. The summed E-state index contributed by atoms with van der Waals surface area (Å²) in [6.07, 6.45) is 7.81. The van der Waals surface area contributed by atoms with E-state index in [-0.39, 0.29) is 6.03 Å². The highest BCUT2D eigenvalue weighted by atomic mass is 16.5. The summed E-state index contributed by atoms with van der Waals surface area (Å²) in [4.78, 5) is 16.7. The van der Waals surface area contributed by atoms with Gasteiger partial charge >= 0.3 is 6.03 Å². The van der Waals surface area contributed by atoms with Crippen LogP contribution in [0.4, 0.5) is 4.79 Å². The lowest BCUT2D eigenvalue weighted by Gasteiger charge is -2.10. The van der Waals surface area contributed by atoms with Crippen LogP contribution in [0.2, 0.25) is 0 Å². The van der Waals surface area contributed by atoms with Gasteiger partial charge in [0.05, 0.1) is 5.69 Å². The van der Waals surface area contributed by atoms with Crippen LogP contribution in [0.5, 0.6) is 5.75 Å². The number of aromatic nitrogens is 2. The molecule has 3 aromatic rings. The summed E-state index contributed by atoms with van der Waals surface area (Å²) in [6.45, 7) is 3.34. The molecule has 1 heterocycles. The van der Waals surface area contributed by atoms with E-state index in [0.29, 0.717) is 18.8 Å². The van der Waals surface area contributed by atoms with Crippen LogP contribution in [-0.2, 0) is 6.61 Å². The van der Waals surface area contributed by atoms with Crippen molar-refractivity contribution < 1.29 is 9.53 Å². The number of carbonyl (C=O) groups excluding carboxylic acids is 1. The number of amides is 1. The summed E-state index contributed by atoms with van der Waals surface area (Å²) < 4.78 is 7.49. The van der Waals surface area contributed by atoms with Crippen molar-refractivity contribution in [2.75, 3.05) is 6.54 Å². The van der Waals surface area contributed by atoms with Gasteiger partial charge in [-0.25, -0.2) is 9.78 Å². The Morgan fingerprint density at radius 1 is 1.04 bits per heavy atom. The molecule has 5 nitrogen and oxygen atoms in total. The third-order valence-corrected chi connectivity index (χ3v) is 4.52. The molecule has 0 aliphatic rings. The maximum atomic E-state index is 12.3. The fourth-order valence-corrected chi connectivity index (χ4v) is 2.95. The lowest BCUT2D eigenvalue weighted by atomic mass is 10.1. The monoisotopic (exact) mass is 377 g/mol. The zero-order valence-corrected chi connectivity index (χ0v) is 16.3. The van der Waals surface area contributed by atoms with E-state index in [1.165, 1.54) is 17.4 Å². The zero-order chi connectivity index (χ0) is 19.6. The highest BCUT2D eigenvalue weighted by Gasteiger charge is 2.12. The quantitative estimate of drug-likeness (QED) is 0.517. The molecule has 0 atom stereocenters. The highest BCUT2D eigenvalue weighted by molar-refractivity contribution is 5.78. The number of hydrogen-bond donors (Lipinski definition) is 1. The van der Waals surface area contributed by atoms with Crippen molar-refractivity contribution in [2.45, 2.75) is 39.2 Å². The van der Waals surface area contributed by atoms with Gasteiger partial charge in [-0.3, -0.25) is 4.57 Å². The van der Waals surface area contributed by atoms with Crippen molar-refractivity contribution in [3.05, 3.63) is 72.7 Å². The number of nitrogens with one attached hydrogen (secondary N) is 1. The molecule has 1 amide bonds. The van der Waals surface area contributed by atoms with Gasteiger partial charge in [0, 0.05) is 18.3 Å². The Balaban J connectivity index is 1.63. The van der Waals surface area contributed by atoms with Gasteiger partial charge in [-0.15, -0.1) is 0 Å². The van der Waals surface area contributed by atoms with Crippen LogP contribution in [0.1, 0.15) is 38.2 Å². The molecule has 0 radical (unpaired) electrons. The minimum atomic E-state index is -0.155. The first-order valence-corrected chi connectivity index (χ1v) is 9.86. The van der Waals surface area contributed by atoms with Crippen LogP contribution in [0.25, 0.3) is 11.3 Å². The summed E-state index contributed by atoms with van der Waals surface area (Å²) in [5.41, 5.74) is 2.68. The van der Waals surface area contributed by atoms with Crippen LogP contribution in [-0.4, -0.2) is 22.1 Å². The number of benzene rings is 2. The summed E-state index contributed by atoms with van der Waals surface area (Å²) in [5.74, 6) is 0.747. The van der Waals surface area contributed by atoms with Gasteiger partial charge in [0.2, 0.25) is 0 Å². The Morgan fingerprint density at radius 3 is 2.64 bits per heavy atom. The number of imidazole rings is 1. The van der Waals surface area contributed by atoms with E-state index >= 15 is 0 Å². The number of para-hydroxylation sites is 1. The van der Waals surface area contributed by atoms with E-state index < -0.39 is 0 Å². The molecule has 28 heavy (non-hydrogen) atoms. The molecule has 146 valence electrons. The van der Waals surface area contributed by atoms with Crippen LogP contribution in [0.15, 0.2) is 67.1 Å². The van der Waals surface area contributed by atoms with Crippen LogP contribution in [0, 0.1) is 0 Å². The summed E-state index contributed by atoms with van der Waals surface area (Å²) in [5, 5.41) is 2.94. The molecule has 0 saturated heterocycles. The first-order chi connectivity index (χ1) is 13.8. The fourth-order valence-electron chi connectivity index (χ4n) is 2.95. The van der Waals surface area contributed by atoms with E-state index in [1.807, 2.05) is 54.6 Å². The minimum absolute atomic E-state index is 0.155. The molecule has 5 heteroatoms. The second-order valence-corrected chi connectivity index (χ2v) is 6.73. The second-order valence-electron chi connectivity index (χ2n) is 6.73. The molecule has 0 unspecified atom stereocenters. The van der Waals surface area contributed by atoms with Crippen molar-refractivity contribution >= 4 is 6.03 Å². The zero-order valence-electron chi connectivity index (χ0n) is 16.3. The number of ether oxygens (including phenoxy) is 1. The lowest BCUT2D eigenvalue weighted by molar-refractivity contribution is 0.242. The number of rotatable bonds is 9. The predicted octanol–water partition coefficient (Wildman–Crippen LogP) is 5.27. The van der Waals surface area contributed by atoms with Gasteiger partial charge in [0.25, 0.3) is 0 Å². The Morgan fingerprint density at radius 2 is 1.82 bits per heavy atom. The number of hydrogen-bond acceptors (Lipinski definition) is 3. The van der Waals surface area contributed by atoms with Gasteiger partial charge in [-0.05, 0) is 24.1 Å². The predicted molar refractivity (Wildman–Crippen MR) is 111 cm³/mol. The average Bonchev–Trinajstić information content (AvgIpc) is 3.23. The topological polar surface area (TPSA) is 56.2 Å². The van der Waals surface area contributed by atoms with Crippen molar-refractivity contribution in [1.82, 2.24) is 14.9 Å². The average molecular weight is 377 g/mol. The van der Waals surface area contributed by atoms with Crippen molar-refractivity contribution in [1.29, 1.82) is 0 Å². The highest BCUT2D eigenvalue weighted by Crippen LogP contribution is 2.29. The van der Waals surface area contributed by atoms with Gasteiger partial charge in [0.15, 0.2) is 0 Å².